The Morgan fingerprint density at radius 2 is 1.29 bits per heavy atom. The molecule has 0 radical (unpaired) electrons. The van der Waals surface area contributed by atoms with E-state index in [2.05, 4.69) is 0 Å². The monoisotopic (exact) mass is 207 g/mol. The van der Waals surface area contributed by atoms with Crippen molar-refractivity contribution in [3.8, 4) is 0 Å². The van der Waals surface area contributed by atoms with E-state index < -0.39 is 6.16 Å². The van der Waals surface area contributed by atoms with Gasteiger partial charge < -0.3 is 21.2 Å². The van der Waals surface area contributed by atoms with Gasteiger partial charge in [0, 0.05) is 26.2 Å². The van der Waals surface area contributed by atoms with Crippen molar-refractivity contribution in [2.24, 2.45) is 0 Å². The summed E-state index contributed by atoms with van der Waals surface area (Å²) < 4.78 is 0. The van der Waals surface area contributed by atoms with Gasteiger partial charge in [-0.2, -0.15) is 0 Å². The molecule has 4 N–H and O–H groups in total. The van der Waals surface area contributed by atoms with Gasteiger partial charge in [0.25, 0.3) is 0 Å². The summed E-state index contributed by atoms with van der Waals surface area (Å²) in [5.41, 5.74) is 0. The molecule has 0 aliphatic heterocycles. The summed E-state index contributed by atoms with van der Waals surface area (Å²) in [4.78, 5) is 8.33. The van der Waals surface area contributed by atoms with Crippen LogP contribution in [0.5, 0.6) is 0 Å². The van der Waals surface area contributed by atoms with Gasteiger partial charge in [-0.1, -0.05) is 0 Å². The summed E-state index contributed by atoms with van der Waals surface area (Å²) in [6, 6.07) is 0. The molecule has 0 saturated heterocycles. The van der Waals surface area contributed by atoms with Crippen LogP contribution in [0.1, 0.15) is 0 Å². The second kappa shape index (κ2) is 15.7. The minimum atomic E-state index is -2.33. The molecule has 0 saturated carbocycles. The van der Waals surface area contributed by atoms with E-state index in [4.69, 9.17) is 15.0 Å². The maximum Gasteiger partial charge on any atom is 1.00 e. The Morgan fingerprint density at radius 3 is 1.29 bits per heavy atom. The maximum absolute atomic E-state index is 8.33. The molecule has 0 heterocycles. The molecule has 0 bridgehead atoms. The molecular formula is CH4KNO3Zr. The van der Waals surface area contributed by atoms with Crippen molar-refractivity contribution in [3.63, 3.8) is 0 Å². The number of carbonyl (C=O) groups is 1. The van der Waals surface area contributed by atoms with Crippen LogP contribution in [-0.2, 0) is 26.2 Å². The van der Waals surface area contributed by atoms with Crippen molar-refractivity contribution in [3.05, 3.63) is 0 Å². The predicted molar refractivity (Wildman–Crippen MR) is 11.4 cm³/mol. The van der Waals surface area contributed by atoms with Crippen LogP contribution in [0.15, 0.2) is 0 Å². The molecule has 0 aromatic heterocycles. The van der Waals surface area contributed by atoms with E-state index >= 15 is 0 Å². The Hall–Kier alpha value is 1.75. The fourth-order valence-electron chi connectivity index (χ4n) is 0. The van der Waals surface area contributed by atoms with Gasteiger partial charge in [0.1, 0.15) is 0 Å². The van der Waals surface area contributed by atoms with Gasteiger partial charge in [-0.3, -0.25) is 0 Å². The van der Waals surface area contributed by atoms with E-state index in [-0.39, 0.29) is 83.7 Å². The van der Waals surface area contributed by atoms with Crippen molar-refractivity contribution >= 4 is 6.16 Å². The number of hydrogen-bond donors (Lipinski definition) is 1. The zero-order valence-electron chi connectivity index (χ0n) is 4.22. The Bertz CT molecular complexity index is 37.9. The summed E-state index contributed by atoms with van der Waals surface area (Å²) in [6.07, 6.45) is -2.33. The van der Waals surface area contributed by atoms with Crippen LogP contribution in [0.3, 0.4) is 0 Å². The average Bonchev–Trinajstić information content (AvgIpc) is 0.811. The summed E-state index contributed by atoms with van der Waals surface area (Å²) in [6.45, 7) is 0. The van der Waals surface area contributed by atoms with Gasteiger partial charge in [-0.05, 0) is 6.16 Å². The van der Waals surface area contributed by atoms with Crippen molar-refractivity contribution in [1.29, 1.82) is 0 Å². The van der Waals surface area contributed by atoms with E-state index in [1.807, 2.05) is 0 Å². The minimum Gasteiger partial charge on any atom is -0.652 e. The van der Waals surface area contributed by atoms with Crippen molar-refractivity contribution in [2.75, 3.05) is 0 Å². The molecule has 0 amide bonds. The summed E-state index contributed by atoms with van der Waals surface area (Å²) in [5, 5.41) is 16.7. The first-order valence-corrected chi connectivity index (χ1v) is 0.612. The molecule has 4 nitrogen and oxygen atoms in total. The van der Waals surface area contributed by atoms with Crippen molar-refractivity contribution < 1.29 is 92.6 Å². The summed E-state index contributed by atoms with van der Waals surface area (Å²) >= 11 is 0. The third-order valence-corrected chi connectivity index (χ3v) is 0. The maximum atomic E-state index is 8.33. The van der Waals surface area contributed by atoms with Crippen LogP contribution in [0.25, 0.3) is 0 Å². The molecule has 0 aromatic rings. The first-order chi connectivity index (χ1) is 1.73. The molecule has 6 heteroatoms. The van der Waals surface area contributed by atoms with Gasteiger partial charge in [-0.15, -0.1) is 0 Å². The number of hydrogen-bond acceptors (Lipinski definition) is 3. The molecule has 0 rings (SSSR count). The van der Waals surface area contributed by atoms with Crippen molar-refractivity contribution in [1.82, 2.24) is 6.15 Å². The molecule has 7 heavy (non-hydrogen) atoms. The van der Waals surface area contributed by atoms with Crippen LogP contribution in [-0.4, -0.2) is 6.16 Å². The molecule has 0 spiro atoms. The fraction of sp³-hybridized carbons (Fsp3) is 0. The molecule has 0 unspecified atom stereocenters. The topological polar surface area (TPSA) is 99.7 Å². The van der Waals surface area contributed by atoms with Gasteiger partial charge in [0.05, 0.1) is 0 Å². The third kappa shape index (κ3) is 83.7. The van der Waals surface area contributed by atoms with E-state index in [1.165, 1.54) is 0 Å². The van der Waals surface area contributed by atoms with Crippen LogP contribution in [0.4, 0.5) is 4.79 Å². The number of carboxylic acid groups (broad SMARTS) is 2. The number of carbonyl (C=O) groups excluding carboxylic acids is 1. The van der Waals surface area contributed by atoms with Crippen LogP contribution in [0, 0.1) is 0 Å². The summed E-state index contributed by atoms with van der Waals surface area (Å²) in [7, 11) is 0. The van der Waals surface area contributed by atoms with Gasteiger partial charge in [0.2, 0.25) is 0 Å². The second-order valence-electron chi connectivity index (χ2n) is 0.250. The number of rotatable bonds is 0. The normalized spacial score (nSPS) is 3.43. The molecular weight excluding hydrogens is 204 g/mol. The van der Waals surface area contributed by atoms with Crippen molar-refractivity contribution in [2.45, 2.75) is 0 Å². The Kier molecular flexibility index (Phi) is 52.1. The Balaban J connectivity index is -0.0000000150. The molecule has 0 fully saturated rings. The predicted octanol–water partition coefficient (Wildman–Crippen LogP) is -5.07. The van der Waals surface area contributed by atoms with Crippen LogP contribution < -0.4 is 67.7 Å². The minimum absolute atomic E-state index is 0. The molecule has 0 aliphatic carbocycles. The summed E-state index contributed by atoms with van der Waals surface area (Å²) in [5.74, 6) is 0. The molecule has 0 aliphatic rings. The van der Waals surface area contributed by atoms with E-state index in [0.717, 1.165) is 0 Å². The smallest absolute Gasteiger partial charge is 0.652 e. The Morgan fingerprint density at radius 1 is 1.29 bits per heavy atom. The average molecular weight is 208 g/mol. The van der Waals surface area contributed by atoms with Gasteiger partial charge in [0.15, 0.2) is 0 Å². The first kappa shape index (κ1) is 23.3. The third-order valence-electron chi connectivity index (χ3n) is 0. The van der Waals surface area contributed by atoms with E-state index in [0.29, 0.717) is 0 Å². The first-order valence-electron chi connectivity index (χ1n) is 0.612. The zero-order chi connectivity index (χ0) is 3.58. The fourth-order valence-corrected chi connectivity index (χ4v) is 0. The largest absolute Gasteiger partial charge is 1.00 e. The van der Waals surface area contributed by atoms with Gasteiger partial charge in [-0.25, -0.2) is 0 Å². The van der Waals surface area contributed by atoms with Crippen LogP contribution >= 0.6 is 0 Å². The molecule has 0 aromatic carbocycles. The zero-order valence-corrected chi connectivity index (χ0v) is 9.81. The van der Waals surface area contributed by atoms with Gasteiger partial charge >= 0.3 is 51.4 Å². The SMILES string of the molecule is O=C([O-])[O-].[K+].[NH4+].[Zr]. The van der Waals surface area contributed by atoms with E-state index in [1.54, 1.807) is 0 Å². The second-order valence-corrected chi connectivity index (χ2v) is 0.250. The quantitative estimate of drug-likeness (QED) is 0.403. The van der Waals surface area contributed by atoms with E-state index in [9.17, 15) is 0 Å². The Labute approximate surface area is 103 Å². The molecule has 36 valence electrons. The standard InChI is InChI=1S/CH2O3.K.H3N.Zr/c2-1(3)4;;;/h(H2,2,3,4);;1H3;/q;+1;;/p-1. The molecule has 0 atom stereocenters. The number of quaternary nitrogens is 1. The van der Waals surface area contributed by atoms with Crippen LogP contribution in [0.2, 0.25) is 0 Å².